The van der Waals surface area contributed by atoms with E-state index in [1.807, 2.05) is 12.1 Å². The third kappa shape index (κ3) is 2.41. The van der Waals surface area contributed by atoms with Crippen molar-refractivity contribution in [2.75, 3.05) is 5.32 Å². The summed E-state index contributed by atoms with van der Waals surface area (Å²) in [5.41, 5.74) is 6.58. The summed E-state index contributed by atoms with van der Waals surface area (Å²) in [7, 11) is 0. The molecule has 1 fully saturated rings. The Morgan fingerprint density at radius 3 is 2.53 bits per heavy atom. The van der Waals surface area contributed by atoms with Crippen LogP contribution in [0.15, 0.2) is 16.6 Å². The molecule has 0 bridgehead atoms. The minimum absolute atomic E-state index is 0.326. The highest BCUT2D eigenvalue weighted by Gasteiger charge is 2.26. The molecular formula is C10H11BrCl2N2. The first-order valence-electron chi connectivity index (χ1n) is 4.73. The summed E-state index contributed by atoms with van der Waals surface area (Å²) < 4.78 is 0.810. The fourth-order valence-electron chi connectivity index (χ4n) is 1.64. The summed E-state index contributed by atoms with van der Waals surface area (Å²) in [6.45, 7) is 0. The molecule has 1 saturated carbocycles. The van der Waals surface area contributed by atoms with E-state index in [0.29, 0.717) is 22.1 Å². The van der Waals surface area contributed by atoms with E-state index in [1.165, 1.54) is 0 Å². The van der Waals surface area contributed by atoms with Gasteiger partial charge in [-0.25, -0.2) is 0 Å². The summed E-state index contributed by atoms with van der Waals surface area (Å²) in [5.74, 6) is 0. The van der Waals surface area contributed by atoms with Crippen LogP contribution in [0.5, 0.6) is 0 Å². The topological polar surface area (TPSA) is 38.0 Å². The fraction of sp³-hybridized carbons (Fsp3) is 0.400. The van der Waals surface area contributed by atoms with Crippen molar-refractivity contribution in [2.24, 2.45) is 5.73 Å². The predicted octanol–water partition coefficient (Wildman–Crippen LogP) is 3.66. The van der Waals surface area contributed by atoms with E-state index in [1.54, 1.807) is 0 Å². The average molecular weight is 310 g/mol. The molecule has 0 spiro atoms. The monoisotopic (exact) mass is 308 g/mol. The molecule has 82 valence electrons. The molecule has 1 aromatic rings. The molecule has 0 saturated heterocycles. The normalized spacial score (nSPS) is 24.8. The first kappa shape index (κ1) is 11.5. The van der Waals surface area contributed by atoms with Gasteiger partial charge in [0.1, 0.15) is 0 Å². The van der Waals surface area contributed by atoms with Crippen LogP contribution < -0.4 is 11.1 Å². The third-order valence-corrected chi connectivity index (χ3v) is 4.34. The Kier molecular flexibility index (Phi) is 3.45. The van der Waals surface area contributed by atoms with Crippen LogP contribution in [-0.4, -0.2) is 12.1 Å². The quantitative estimate of drug-likeness (QED) is 0.818. The summed E-state index contributed by atoms with van der Waals surface area (Å²) in [4.78, 5) is 0. The molecule has 2 nitrogen and oxygen atoms in total. The van der Waals surface area contributed by atoms with Crippen LogP contribution in [0.2, 0.25) is 10.0 Å². The minimum Gasteiger partial charge on any atom is -0.381 e. The van der Waals surface area contributed by atoms with Crippen molar-refractivity contribution in [1.82, 2.24) is 0 Å². The molecule has 1 aliphatic carbocycles. The van der Waals surface area contributed by atoms with E-state index >= 15 is 0 Å². The Balaban J connectivity index is 2.12. The highest BCUT2D eigenvalue weighted by atomic mass is 79.9. The zero-order chi connectivity index (χ0) is 11.0. The molecule has 1 aliphatic rings. The van der Waals surface area contributed by atoms with Crippen LogP contribution in [-0.2, 0) is 0 Å². The first-order valence-corrected chi connectivity index (χ1v) is 6.28. The van der Waals surface area contributed by atoms with E-state index < -0.39 is 0 Å². The highest BCUT2D eigenvalue weighted by molar-refractivity contribution is 9.10. The lowest BCUT2D eigenvalue weighted by Gasteiger charge is -2.34. The van der Waals surface area contributed by atoms with E-state index in [0.717, 1.165) is 23.0 Å². The lowest BCUT2D eigenvalue weighted by Crippen LogP contribution is -2.44. The zero-order valence-electron chi connectivity index (χ0n) is 7.93. The van der Waals surface area contributed by atoms with Gasteiger partial charge in [-0.2, -0.15) is 0 Å². The Morgan fingerprint density at radius 2 is 1.93 bits per heavy atom. The van der Waals surface area contributed by atoms with Gasteiger partial charge in [0.15, 0.2) is 0 Å². The number of rotatable bonds is 2. The molecule has 5 heteroatoms. The van der Waals surface area contributed by atoms with Crippen molar-refractivity contribution in [3.8, 4) is 0 Å². The van der Waals surface area contributed by atoms with E-state index in [2.05, 4.69) is 21.2 Å². The Bertz CT molecular complexity index is 378. The number of hydrogen-bond acceptors (Lipinski definition) is 2. The van der Waals surface area contributed by atoms with Gasteiger partial charge >= 0.3 is 0 Å². The molecule has 1 aromatic carbocycles. The Labute approximate surface area is 107 Å². The van der Waals surface area contributed by atoms with Gasteiger partial charge < -0.3 is 11.1 Å². The van der Waals surface area contributed by atoms with Crippen molar-refractivity contribution in [2.45, 2.75) is 24.9 Å². The first-order chi connectivity index (χ1) is 7.08. The predicted molar refractivity (Wildman–Crippen MR) is 68.8 cm³/mol. The van der Waals surface area contributed by atoms with E-state index in [-0.39, 0.29) is 0 Å². The summed E-state index contributed by atoms with van der Waals surface area (Å²) >= 11 is 15.4. The van der Waals surface area contributed by atoms with Gasteiger partial charge in [-0.05, 0) is 40.9 Å². The van der Waals surface area contributed by atoms with Crippen molar-refractivity contribution >= 4 is 44.8 Å². The van der Waals surface area contributed by atoms with E-state index in [4.69, 9.17) is 28.9 Å². The number of nitrogens with two attached hydrogens (primary N) is 1. The van der Waals surface area contributed by atoms with E-state index in [9.17, 15) is 0 Å². The summed E-state index contributed by atoms with van der Waals surface area (Å²) in [6.07, 6.45) is 1.98. The largest absolute Gasteiger partial charge is 0.381 e. The number of nitrogens with one attached hydrogen (secondary N) is 1. The maximum atomic E-state index is 6.10. The second kappa shape index (κ2) is 4.50. The SMILES string of the molecule is NC1CC(Nc2ccc(Br)c(Cl)c2Cl)C1. The van der Waals surface area contributed by atoms with Crippen LogP contribution in [0, 0.1) is 0 Å². The molecule has 0 unspecified atom stereocenters. The standard InChI is InChI=1S/C10H11BrCl2N2/c11-7-1-2-8(10(13)9(7)12)15-6-3-5(14)4-6/h1-2,5-6,15H,3-4,14H2. The maximum absolute atomic E-state index is 6.10. The smallest absolute Gasteiger partial charge is 0.0835 e. The van der Waals surface area contributed by atoms with Crippen LogP contribution in [0.3, 0.4) is 0 Å². The second-order valence-corrected chi connectivity index (χ2v) is 5.41. The molecule has 15 heavy (non-hydrogen) atoms. The number of anilines is 1. The van der Waals surface area contributed by atoms with Gasteiger partial charge in [-0.15, -0.1) is 0 Å². The molecule has 2 rings (SSSR count). The number of benzene rings is 1. The summed E-state index contributed by atoms with van der Waals surface area (Å²) in [6, 6.07) is 4.55. The molecular weight excluding hydrogens is 299 g/mol. The minimum atomic E-state index is 0.326. The fourth-order valence-corrected chi connectivity index (χ4v) is 2.47. The van der Waals surface area contributed by atoms with Gasteiger partial charge in [0.25, 0.3) is 0 Å². The van der Waals surface area contributed by atoms with Gasteiger partial charge in [0.2, 0.25) is 0 Å². The molecule has 0 aliphatic heterocycles. The Hall–Kier alpha value is 0.0400. The lowest BCUT2D eigenvalue weighted by molar-refractivity contribution is 0.374. The molecule has 0 aromatic heterocycles. The second-order valence-electron chi connectivity index (χ2n) is 3.80. The van der Waals surface area contributed by atoms with Crippen LogP contribution >= 0.6 is 39.1 Å². The third-order valence-electron chi connectivity index (χ3n) is 2.57. The average Bonchev–Trinajstić information content (AvgIpc) is 2.16. The van der Waals surface area contributed by atoms with Gasteiger partial charge in [0.05, 0.1) is 15.7 Å². The number of hydrogen-bond donors (Lipinski definition) is 2. The molecule has 0 atom stereocenters. The molecule has 0 radical (unpaired) electrons. The molecule has 3 N–H and O–H groups in total. The van der Waals surface area contributed by atoms with Crippen molar-refractivity contribution in [3.05, 3.63) is 26.7 Å². The summed E-state index contributed by atoms with van der Waals surface area (Å²) in [5, 5.41) is 4.44. The Morgan fingerprint density at radius 1 is 1.27 bits per heavy atom. The van der Waals surface area contributed by atoms with Crippen molar-refractivity contribution in [1.29, 1.82) is 0 Å². The van der Waals surface area contributed by atoms with Gasteiger partial charge in [-0.1, -0.05) is 23.2 Å². The van der Waals surface area contributed by atoms with Crippen molar-refractivity contribution in [3.63, 3.8) is 0 Å². The number of halogens is 3. The molecule has 0 amide bonds. The van der Waals surface area contributed by atoms with Crippen molar-refractivity contribution < 1.29 is 0 Å². The lowest BCUT2D eigenvalue weighted by atomic mass is 9.87. The van der Waals surface area contributed by atoms with Gasteiger partial charge in [-0.3, -0.25) is 0 Å². The van der Waals surface area contributed by atoms with Crippen LogP contribution in [0.1, 0.15) is 12.8 Å². The van der Waals surface area contributed by atoms with Crippen LogP contribution in [0.4, 0.5) is 5.69 Å². The highest BCUT2D eigenvalue weighted by Crippen LogP contribution is 2.37. The van der Waals surface area contributed by atoms with Crippen LogP contribution in [0.25, 0.3) is 0 Å². The van der Waals surface area contributed by atoms with Gasteiger partial charge in [0, 0.05) is 16.6 Å². The zero-order valence-corrected chi connectivity index (χ0v) is 11.0. The molecule has 0 heterocycles. The maximum Gasteiger partial charge on any atom is 0.0835 e.